The van der Waals surface area contributed by atoms with Gasteiger partial charge in [0, 0.05) is 74.9 Å². The van der Waals surface area contributed by atoms with Gasteiger partial charge in [0.1, 0.15) is 11.6 Å². The number of thiophene rings is 1. The molecular weight excluding hydrogens is 504 g/mol. The Labute approximate surface area is 225 Å². The SMILES string of the molecule is Cc1nc2cc(F)ccc2n1C1CCN(C(=O)C2(F)CCN(Cc3cccs3)CC2)CC1.c1ccncc1. The molecule has 4 aromatic rings. The fourth-order valence-corrected chi connectivity index (χ4v) is 6.22. The van der Waals surface area contributed by atoms with Gasteiger partial charge in [-0.1, -0.05) is 12.1 Å². The Morgan fingerprint density at radius 1 is 1.05 bits per heavy atom. The number of nitrogens with zero attached hydrogens (tertiary/aromatic N) is 5. The quantitative estimate of drug-likeness (QED) is 0.331. The number of imidazole rings is 1. The van der Waals surface area contributed by atoms with E-state index in [0.717, 1.165) is 30.7 Å². The number of hydrogen-bond acceptors (Lipinski definition) is 5. The number of carbonyl (C=O) groups excluding carboxylic acids is 1. The molecule has 6 rings (SSSR count). The predicted octanol–water partition coefficient (Wildman–Crippen LogP) is 5.79. The first kappa shape index (κ1) is 26.4. The van der Waals surface area contributed by atoms with Crippen LogP contribution in [0.1, 0.15) is 42.4 Å². The first-order valence-corrected chi connectivity index (χ1v) is 14.0. The minimum absolute atomic E-state index is 0.178. The maximum Gasteiger partial charge on any atom is 0.260 e. The van der Waals surface area contributed by atoms with Gasteiger partial charge in [0.2, 0.25) is 0 Å². The van der Waals surface area contributed by atoms with Crippen LogP contribution in [0, 0.1) is 12.7 Å². The summed E-state index contributed by atoms with van der Waals surface area (Å²) in [5.74, 6) is 0.203. The number of fused-ring (bicyclic) bond motifs is 1. The lowest BCUT2D eigenvalue weighted by Crippen LogP contribution is -2.53. The van der Waals surface area contributed by atoms with Gasteiger partial charge in [0.15, 0.2) is 5.67 Å². The summed E-state index contributed by atoms with van der Waals surface area (Å²) in [6.45, 7) is 5.04. The van der Waals surface area contributed by atoms with E-state index in [2.05, 4.69) is 30.9 Å². The lowest BCUT2D eigenvalue weighted by atomic mass is 9.90. The molecule has 0 spiro atoms. The fraction of sp³-hybridized carbons (Fsp3) is 0.414. The van der Waals surface area contributed by atoms with Gasteiger partial charge in [-0.3, -0.25) is 14.7 Å². The van der Waals surface area contributed by atoms with Crippen LogP contribution in [0.25, 0.3) is 11.0 Å². The number of piperidine rings is 2. The summed E-state index contributed by atoms with van der Waals surface area (Å²) in [5, 5.41) is 2.05. The van der Waals surface area contributed by atoms with E-state index >= 15 is 4.39 Å². The molecule has 200 valence electrons. The standard InChI is InChI=1S/C24H28F2N4OS.C5H5N/c1-17-27-21-15-18(25)4-5-22(21)30(17)19-6-10-29(11-7-19)23(31)24(26)8-12-28(13-9-24)16-20-3-2-14-32-20;1-2-4-6-5-3-1/h2-5,14-15,19H,6-13,16H2,1H3;1-5H. The van der Waals surface area contributed by atoms with Crippen LogP contribution >= 0.6 is 11.3 Å². The second-order valence-corrected chi connectivity index (χ2v) is 11.1. The topological polar surface area (TPSA) is 54.3 Å². The Bertz CT molecular complexity index is 1300. The van der Waals surface area contributed by atoms with Crippen LogP contribution in [-0.2, 0) is 11.3 Å². The molecule has 9 heteroatoms. The van der Waals surface area contributed by atoms with Crippen LogP contribution in [0.4, 0.5) is 8.78 Å². The van der Waals surface area contributed by atoms with E-state index in [1.165, 1.54) is 17.0 Å². The molecule has 0 radical (unpaired) electrons. The van der Waals surface area contributed by atoms with E-state index in [1.807, 2.05) is 31.2 Å². The molecule has 0 saturated carbocycles. The van der Waals surface area contributed by atoms with E-state index in [4.69, 9.17) is 0 Å². The van der Waals surface area contributed by atoms with Crippen molar-refractivity contribution >= 4 is 28.3 Å². The monoisotopic (exact) mass is 537 g/mol. The first-order valence-electron chi connectivity index (χ1n) is 13.1. The van der Waals surface area contributed by atoms with Crippen LogP contribution in [-0.4, -0.2) is 62.1 Å². The highest BCUT2D eigenvalue weighted by Gasteiger charge is 2.44. The van der Waals surface area contributed by atoms with Crippen molar-refractivity contribution < 1.29 is 13.6 Å². The molecule has 6 nitrogen and oxygen atoms in total. The summed E-state index contributed by atoms with van der Waals surface area (Å²) < 4.78 is 31.3. The van der Waals surface area contributed by atoms with Crippen LogP contribution in [0.15, 0.2) is 66.3 Å². The number of amides is 1. The molecule has 0 atom stereocenters. The predicted molar refractivity (Wildman–Crippen MR) is 146 cm³/mol. The van der Waals surface area contributed by atoms with Gasteiger partial charge < -0.3 is 9.47 Å². The Morgan fingerprint density at radius 3 is 2.39 bits per heavy atom. The Kier molecular flexibility index (Phi) is 8.14. The van der Waals surface area contributed by atoms with Crippen molar-refractivity contribution in [3.63, 3.8) is 0 Å². The highest BCUT2D eigenvalue weighted by molar-refractivity contribution is 7.09. The van der Waals surface area contributed by atoms with Gasteiger partial charge >= 0.3 is 0 Å². The van der Waals surface area contributed by atoms with E-state index < -0.39 is 5.67 Å². The van der Waals surface area contributed by atoms with Crippen LogP contribution < -0.4 is 0 Å². The molecule has 0 bridgehead atoms. The minimum Gasteiger partial charge on any atom is -0.340 e. The zero-order valence-corrected chi connectivity index (χ0v) is 22.4. The Balaban J connectivity index is 0.000000433. The zero-order chi connectivity index (χ0) is 26.5. The second-order valence-electron chi connectivity index (χ2n) is 10.0. The van der Waals surface area contributed by atoms with Gasteiger partial charge in [0.25, 0.3) is 5.91 Å². The summed E-state index contributed by atoms with van der Waals surface area (Å²) in [4.78, 5) is 26.6. The number of likely N-dealkylation sites (tertiary alicyclic amines) is 2. The molecular formula is C29H33F2N5OS. The molecule has 2 aliphatic heterocycles. The molecule has 2 aliphatic rings. The molecule has 2 fully saturated rings. The van der Waals surface area contributed by atoms with Crippen LogP contribution in [0.3, 0.4) is 0 Å². The highest BCUT2D eigenvalue weighted by Crippen LogP contribution is 2.34. The van der Waals surface area contributed by atoms with Gasteiger partial charge in [-0.25, -0.2) is 13.8 Å². The fourth-order valence-electron chi connectivity index (χ4n) is 5.48. The van der Waals surface area contributed by atoms with Gasteiger partial charge in [-0.2, -0.15) is 0 Å². The smallest absolute Gasteiger partial charge is 0.260 e. The molecule has 1 aromatic carbocycles. The van der Waals surface area contributed by atoms with Crippen LogP contribution in [0.2, 0.25) is 0 Å². The number of halogens is 2. The third-order valence-corrected chi connectivity index (χ3v) is 8.36. The largest absolute Gasteiger partial charge is 0.340 e. The number of benzene rings is 1. The van der Waals surface area contributed by atoms with E-state index in [1.54, 1.807) is 34.7 Å². The van der Waals surface area contributed by atoms with Crippen molar-refractivity contribution in [2.24, 2.45) is 0 Å². The number of pyridine rings is 1. The van der Waals surface area contributed by atoms with E-state index in [0.29, 0.717) is 31.7 Å². The zero-order valence-electron chi connectivity index (χ0n) is 21.6. The number of carbonyl (C=O) groups is 1. The van der Waals surface area contributed by atoms with Gasteiger partial charge in [-0.15, -0.1) is 11.3 Å². The van der Waals surface area contributed by atoms with Crippen molar-refractivity contribution in [2.45, 2.75) is 50.9 Å². The normalized spacial score (nSPS) is 18.2. The first-order chi connectivity index (χ1) is 18.4. The number of aryl methyl sites for hydroxylation is 1. The summed E-state index contributed by atoms with van der Waals surface area (Å²) in [7, 11) is 0. The molecule has 0 unspecified atom stereocenters. The highest BCUT2D eigenvalue weighted by atomic mass is 32.1. The summed E-state index contributed by atoms with van der Waals surface area (Å²) in [6, 6.07) is 14.7. The molecule has 0 N–H and O–H groups in total. The van der Waals surface area contributed by atoms with Gasteiger partial charge in [0.05, 0.1) is 11.0 Å². The lowest BCUT2D eigenvalue weighted by Gasteiger charge is -2.40. The second kappa shape index (κ2) is 11.7. The van der Waals surface area contributed by atoms with Crippen molar-refractivity contribution in [1.29, 1.82) is 0 Å². The third-order valence-electron chi connectivity index (χ3n) is 7.50. The summed E-state index contributed by atoms with van der Waals surface area (Å²) in [5.41, 5.74) is -0.194. The van der Waals surface area contributed by atoms with E-state index in [-0.39, 0.29) is 30.6 Å². The molecule has 2 saturated heterocycles. The summed E-state index contributed by atoms with van der Waals surface area (Å²) in [6.07, 6.45) is 5.51. The minimum atomic E-state index is -1.76. The van der Waals surface area contributed by atoms with Crippen molar-refractivity contribution in [1.82, 2.24) is 24.3 Å². The number of alkyl halides is 1. The Morgan fingerprint density at radius 2 is 1.79 bits per heavy atom. The summed E-state index contributed by atoms with van der Waals surface area (Å²) >= 11 is 1.71. The molecule has 3 aromatic heterocycles. The third kappa shape index (κ3) is 5.94. The van der Waals surface area contributed by atoms with Crippen molar-refractivity contribution in [3.05, 3.63) is 82.8 Å². The van der Waals surface area contributed by atoms with Gasteiger partial charge in [-0.05, 0) is 55.5 Å². The maximum absolute atomic E-state index is 15.6. The van der Waals surface area contributed by atoms with E-state index in [9.17, 15) is 9.18 Å². The number of hydrogen-bond donors (Lipinski definition) is 0. The lowest BCUT2D eigenvalue weighted by molar-refractivity contribution is -0.148. The van der Waals surface area contributed by atoms with Crippen LogP contribution in [0.5, 0.6) is 0 Å². The number of aromatic nitrogens is 3. The molecule has 0 aliphatic carbocycles. The average molecular weight is 538 g/mol. The van der Waals surface area contributed by atoms with Crippen molar-refractivity contribution in [3.8, 4) is 0 Å². The molecule has 5 heterocycles. The molecule has 38 heavy (non-hydrogen) atoms. The number of rotatable bonds is 4. The van der Waals surface area contributed by atoms with Crippen molar-refractivity contribution in [2.75, 3.05) is 26.2 Å². The maximum atomic E-state index is 15.6. The average Bonchev–Trinajstić information content (AvgIpc) is 3.57. The Hall–Kier alpha value is -3.17. The molecule has 1 amide bonds.